The Kier molecular flexibility index (Phi) is 11.0. The van der Waals surface area contributed by atoms with Crippen LogP contribution in [0.15, 0.2) is 82.2 Å². The van der Waals surface area contributed by atoms with Crippen molar-refractivity contribution in [1.29, 1.82) is 0 Å². The number of halogens is 2. The molecule has 208 valence electrons. The summed E-state index contributed by atoms with van der Waals surface area (Å²) < 4.78 is 29.4. The topological polar surface area (TPSA) is 86.8 Å². The van der Waals surface area contributed by atoms with Crippen molar-refractivity contribution in [2.45, 2.75) is 51.1 Å². The third-order valence-corrected chi connectivity index (χ3v) is 8.78. The number of carbonyl (C=O) groups excluding carboxylic acids is 2. The van der Waals surface area contributed by atoms with Crippen molar-refractivity contribution in [3.63, 3.8) is 0 Å². The normalized spacial score (nSPS) is 12.0. The van der Waals surface area contributed by atoms with Crippen LogP contribution in [0.5, 0.6) is 0 Å². The number of nitrogens with zero attached hydrogens (tertiary/aromatic N) is 2. The van der Waals surface area contributed by atoms with E-state index in [2.05, 4.69) is 21.2 Å². The van der Waals surface area contributed by atoms with Gasteiger partial charge in [0, 0.05) is 22.6 Å². The summed E-state index contributed by atoms with van der Waals surface area (Å²) in [7, 11) is -4.11. The van der Waals surface area contributed by atoms with Crippen LogP contribution in [0, 0.1) is 6.92 Å². The van der Waals surface area contributed by atoms with Crippen molar-refractivity contribution >= 4 is 55.1 Å². The number of anilines is 1. The summed E-state index contributed by atoms with van der Waals surface area (Å²) in [5.41, 5.74) is 2.00. The van der Waals surface area contributed by atoms with Crippen molar-refractivity contribution < 1.29 is 18.0 Å². The molecule has 3 aromatic carbocycles. The molecule has 0 radical (unpaired) electrons. The number of hydrogen-bond donors (Lipinski definition) is 1. The van der Waals surface area contributed by atoms with E-state index < -0.39 is 28.5 Å². The third kappa shape index (κ3) is 8.30. The fourth-order valence-electron chi connectivity index (χ4n) is 3.90. The van der Waals surface area contributed by atoms with E-state index in [0.29, 0.717) is 21.7 Å². The lowest BCUT2D eigenvalue weighted by Crippen LogP contribution is -2.51. The van der Waals surface area contributed by atoms with Crippen molar-refractivity contribution in [3.05, 3.63) is 93.4 Å². The maximum Gasteiger partial charge on any atom is 0.264 e. The predicted octanol–water partition coefficient (Wildman–Crippen LogP) is 5.94. The predicted molar refractivity (Wildman–Crippen MR) is 159 cm³/mol. The zero-order valence-electron chi connectivity index (χ0n) is 22.2. The lowest BCUT2D eigenvalue weighted by atomic mass is 10.1. The molecule has 1 unspecified atom stereocenters. The van der Waals surface area contributed by atoms with E-state index in [1.54, 1.807) is 67.6 Å². The molecular weight excluding hydrogens is 602 g/mol. The van der Waals surface area contributed by atoms with Gasteiger partial charge in [0.05, 0.1) is 10.6 Å². The van der Waals surface area contributed by atoms with Gasteiger partial charge in [-0.05, 0) is 68.3 Å². The fraction of sp³-hybridized carbons (Fsp3) is 0.310. The van der Waals surface area contributed by atoms with E-state index in [-0.39, 0.29) is 17.3 Å². The molecule has 1 atom stereocenters. The molecule has 0 bridgehead atoms. The molecule has 0 heterocycles. The highest BCUT2D eigenvalue weighted by Gasteiger charge is 2.32. The molecule has 7 nitrogen and oxygen atoms in total. The van der Waals surface area contributed by atoms with E-state index in [9.17, 15) is 18.0 Å². The van der Waals surface area contributed by atoms with Gasteiger partial charge < -0.3 is 10.2 Å². The third-order valence-electron chi connectivity index (χ3n) is 6.25. The minimum atomic E-state index is -4.11. The zero-order valence-corrected chi connectivity index (χ0v) is 25.4. The molecular formula is C29H33BrClN3O4S. The van der Waals surface area contributed by atoms with Gasteiger partial charge >= 0.3 is 0 Å². The Morgan fingerprint density at radius 2 is 1.69 bits per heavy atom. The number of nitrogens with one attached hydrogen (secondary N) is 1. The van der Waals surface area contributed by atoms with Gasteiger partial charge in [0.15, 0.2) is 0 Å². The summed E-state index contributed by atoms with van der Waals surface area (Å²) in [6, 6.07) is 19.4. The molecule has 0 aliphatic carbocycles. The molecule has 39 heavy (non-hydrogen) atoms. The number of hydrogen-bond acceptors (Lipinski definition) is 4. The number of sulfonamides is 1. The van der Waals surface area contributed by atoms with Gasteiger partial charge in [-0.25, -0.2) is 8.42 Å². The van der Waals surface area contributed by atoms with Crippen LogP contribution in [0.1, 0.15) is 37.8 Å². The van der Waals surface area contributed by atoms with E-state index in [1.807, 2.05) is 13.8 Å². The molecule has 10 heteroatoms. The van der Waals surface area contributed by atoms with Gasteiger partial charge in [-0.2, -0.15) is 0 Å². The Bertz CT molecular complexity index is 1380. The van der Waals surface area contributed by atoms with Crippen LogP contribution < -0.4 is 9.62 Å². The van der Waals surface area contributed by atoms with Gasteiger partial charge in [-0.3, -0.25) is 13.9 Å². The van der Waals surface area contributed by atoms with E-state index in [4.69, 9.17) is 11.6 Å². The largest absolute Gasteiger partial charge is 0.354 e. The number of aryl methyl sites for hydroxylation is 1. The zero-order chi connectivity index (χ0) is 28.6. The number of amides is 2. The first kappa shape index (κ1) is 30.7. The van der Waals surface area contributed by atoms with Crippen molar-refractivity contribution in [1.82, 2.24) is 10.2 Å². The molecule has 3 rings (SSSR count). The first-order chi connectivity index (χ1) is 18.5. The molecule has 0 aliphatic heterocycles. The average Bonchev–Trinajstić information content (AvgIpc) is 2.91. The molecule has 0 aromatic heterocycles. The first-order valence-corrected chi connectivity index (χ1v) is 15.3. The average molecular weight is 635 g/mol. The molecule has 3 aromatic rings. The van der Waals surface area contributed by atoms with Gasteiger partial charge in [0.25, 0.3) is 10.0 Å². The van der Waals surface area contributed by atoms with E-state index in [1.165, 1.54) is 17.0 Å². The maximum absolute atomic E-state index is 13.9. The highest BCUT2D eigenvalue weighted by Crippen LogP contribution is 2.27. The fourth-order valence-corrected chi connectivity index (χ4v) is 5.82. The molecule has 0 aliphatic rings. The minimum absolute atomic E-state index is 0.0653. The van der Waals surface area contributed by atoms with Crippen LogP contribution in [-0.4, -0.2) is 44.3 Å². The van der Waals surface area contributed by atoms with Crippen LogP contribution in [0.4, 0.5) is 5.69 Å². The van der Waals surface area contributed by atoms with E-state index in [0.717, 1.165) is 28.3 Å². The SMILES string of the molecule is CCCCNC(=O)C(C)N(Cc1ccc(Cl)cc1)C(=O)CN(c1cccc(Br)c1)S(=O)(=O)c1ccc(C)cc1. The Morgan fingerprint density at radius 1 is 1.03 bits per heavy atom. The summed E-state index contributed by atoms with van der Waals surface area (Å²) in [6.45, 7) is 5.65. The second-order valence-corrected chi connectivity index (χ2v) is 12.5. The number of rotatable bonds is 12. The number of benzene rings is 3. The standard InChI is InChI=1S/C29H33BrClN3O4S/c1-4-5-17-32-29(36)22(3)33(19-23-11-13-25(31)14-12-23)28(35)20-34(26-8-6-7-24(30)18-26)39(37,38)27-15-9-21(2)10-16-27/h6-16,18,22H,4-5,17,19-20H2,1-3H3,(H,32,36). The van der Waals surface area contributed by atoms with Gasteiger partial charge in [-0.15, -0.1) is 0 Å². The van der Waals surface area contributed by atoms with Gasteiger partial charge in [-0.1, -0.05) is 76.8 Å². The quantitative estimate of drug-likeness (QED) is 0.250. The van der Waals surface area contributed by atoms with E-state index >= 15 is 0 Å². The molecule has 0 spiro atoms. The van der Waals surface area contributed by atoms with Crippen LogP contribution in [-0.2, 0) is 26.2 Å². The molecule has 0 saturated heterocycles. The Labute approximate surface area is 244 Å². The maximum atomic E-state index is 13.9. The van der Waals surface area contributed by atoms with Crippen molar-refractivity contribution in [2.75, 3.05) is 17.4 Å². The second kappa shape index (κ2) is 14.0. The van der Waals surface area contributed by atoms with Crippen LogP contribution >= 0.6 is 27.5 Å². The van der Waals surface area contributed by atoms with Crippen LogP contribution in [0.2, 0.25) is 5.02 Å². The molecule has 0 fully saturated rings. The lowest BCUT2D eigenvalue weighted by molar-refractivity contribution is -0.139. The summed E-state index contributed by atoms with van der Waals surface area (Å²) in [6.07, 6.45) is 1.73. The van der Waals surface area contributed by atoms with Crippen molar-refractivity contribution in [2.24, 2.45) is 0 Å². The van der Waals surface area contributed by atoms with Crippen LogP contribution in [0.25, 0.3) is 0 Å². The number of carbonyl (C=O) groups is 2. The summed E-state index contributed by atoms with van der Waals surface area (Å²) in [5, 5.41) is 3.42. The number of unbranched alkanes of at least 4 members (excludes halogenated alkanes) is 1. The summed E-state index contributed by atoms with van der Waals surface area (Å²) in [5.74, 6) is -0.820. The Hall–Kier alpha value is -2.88. The first-order valence-electron chi connectivity index (χ1n) is 12.7. The lowest BCUT2D eigenvalue weighted by Gasteiger charge is -2.32. The highest BCUT2D eigenvalue weighted by molar-refractivity contribution is 9.10. The summed E-state index contributed by atoms with van der Waals surface area (Å²) >= 11 is 9.44. The second-order valence-electron chi connectivity index (χ2n) is 9.27. The highest BCUT2D eigenvalue weighted by atomic mass is 79.9. The van der Waals surface area contributed by atoms with Gasteiger partial charge in [0.1, 0.15) is 12.6 Å². The molecule has 0 saturated carbocycles. The monoisotopic (exact) mass is 633 g/mol. The molecule has 1 N–H and O–H groups in total. The van der Waals surface area contributed by atoms with Crippen LogP contribution in [0.3, 0.4) is 0 Å². The summed E-state index contributed by atoms with van der Waals surface area (Å²) in [4.78, 5) is 28.4. The smallest absolute Gasteiger partial charge is 0.264 e. The van der Waals surface area contributed by atoms with Gasteiger partial charge in [0.2, 0.25) is 11.8 Å². The molecule has 2 amide bonds. The van der Waals surface area contributed by atoms with Crippen molar-refractivity contribution in [3.8, 4) is 0 Å². The Balaban J connectivity index is 1.99. The Morgan fingerprint density at radius 3 is 2.31 bits per heavy atom. The minimum Gasteiger partial charge on any atom is -0.354 e.